The van der Waals surface area contributed by atoms with Gasteiger partial charge in [-0.3, -0.25) is 10.1 Å². The molecule has 4 aromatic rings. The number of hydrogen-bond donors (Lipinski definition) is 3. The van der Waals surface area contributed by atoms with Crippen molar-refractivity contribution in [1.82, 2.24) is 19.9 Å². The van der Waals surface area contributed by atoms with Gasteiger partial charge in [0.15, 0.2) is 5.65 Å². The topological polar surface area (TPSA) is 86.5 Å². The van der Waals surface area contributed by atoms with Gasteiger partial charge in [0.25, 0.3) is 0 Å². The van der Waals surface area contributed by atoms with Gasteiger partial charge in [-0.05, 0) is 35.9 Å². The van der Waals surface area contributed by atoms with Gasteiger partial charge in [0.05, 0.1) is 11.9 Å². The van der Waals surface area contributed by atoms with E-state index in [9.17, 15) is 9.18 Å². The molecule has 0 aliphatic carbocycles. The largest absolute Gasteiger partial charge is 0.361 e. The van der Waals surface area contributed by atoms with Crippen molar-refractivity contribution in [3.63, 3.8) is 0 Å². The first-order valence-corrected chi connectivity index (χ1v) is 7.05. The molecule has 6 nitrogen and oxygen atoms in total. The maximum absolute atomic E-state index is 13.2. The Labute approximate surface area is 129 Å². The second kappa shape index (κ2) is 5.20. The Balaban J connectivity index is 1.54. The predicted molar refractivity (Wildman–Crippen MR) is 84.5 cm³/mol. The average molecular weight is 309 g/mol. The first-order chi connectivity index (χ1) is 11.2. The minimum Gasteiger partial charge on any atom is -0.361 e. The number of amides is 1. The second-order valence-electron chi connectivity index (χ2n) is 5.19. The van der Waals surface area contributed by atoms with Crippen LogP contribution in [0.25, 0.3) is 22.1 Å². The Morgan fingerprint density at radius 1 is 1.26 bits per heavy atom. The van der Waals surface area contributed by atoms with Crippen molar-refractivity contribution in [1.29, 1.82) is 0 Å². The SMILES string of the molecule is O=C(Cc1c[nH]c2cc(F)ccc12)Nc1nc2ncccc2[nH]1. The number of rotatable bonds is 3. The van der Waals surface area contributed by atoms with Gasteiger partial charge in [0.1, 0.15) is 5.82 Å². The molecule has 4 rings (SSSR count). The van der Waals surface area contributed by atoms with Crippen molar-refractivity contribution in [2.75, 3.05) is 5.32 Å². The van der Waals surface area contributed by atoms with Crippen molar-refractivity contribution in [2.24, 2.45) is 0 Å². The minimum absolute atomic E-state index is 0.163. The molecule has 0 spiro atoms. The number of carbonyl (C=O) groups excluding carboxylic acids is 1. The standard InChI is InChI=1S/C16H12FN5O/c17-10-3-4-11-9(8-19-13(11)7-10)6-14(23)21-16-20-12-2-1-5-18-15(12)22-16/h1-5,7-8,19H,6H2,(H2,18,20,21,22,23). The molecule has 23 heavy (non-hydrogen) atoms. The molecular formula is C16H12FN5O. The molecule has 0 saturated heterocycles. The van der Waals surface area contributed by atoms with E-state index < -0.39 is 0 Å². The van der Waals surface area contributed by atoms with Crippen LogP contribution in [0.2, 0.25) is 0 Å². The average Bonchev–Trinajstić information content (AvgIpc) is 3.10. The predicted octanol–water partition coefficient (Wildman–Crippen LogP) is 2.76. The van der Waals surface area contributed by atoms with E-state index in [0.29, 0.717) is 17.1 Å². The lowest BCUT2D eigenvalue weighted by molar-refractivity contribution is -0.115. The number of nitrogens with one attached hydrogen (secondary N) is 3. The van der Waals surface area contributed by atoms with Crippen LogP contribution in [0.15, 0.2) is 42.7 Å². The highest BCUT2D eigenvalue weighted by Gasteiger charge is 2.11. The van der Waals surface area contributed by atoms with Gasteiger partial charge in [-0.2, -0.15) is 4.98 Å². The van der Waals surface area contributed by atoms with Gasteiger partial charge in [-0.1, -0.05) is 0 Å². The van der Waals surface area contributed by atoms with E-state index in [4.69, 9.17) is 0 Å². The number of fused-ring (bicyclic) bond motifs is 2. The van der Waals surface area contributed by atoms with Crippen LogP contribution in [0.4, 0.5) is 10.3 Å². The smallest absolute Gasteiger partial charge is 0.231 e. The van der Waals surface area contributed by atoms with Gasteiger partial charge in [-0.15, -0.1) is 0 Å². The monoisotopic (exact) mass is 309 g/mol. The van der Waals surface area contributed by atoms with E-state index in [1.807, 2.05) is 6.07 Å². The molecular weight excluding hydrogens is 297 g/mol. The van der Waals surface area contributed by atoms with Gasteiger partial charge >= 0.3 is 0 Å². The zero-order chi connectivity index (χ0) is 15.8. The summed E-state index contributed by atoms with van der Waals surface area (Å²) in [4.78, 5) is 26.4. The molecule has 0 aliphatic heterocycles. The maximum Gasteiger partial charge on any atom is 0.231 e. The van der Waals surface area contributed by atoms with E-state index in [1.165, 1.54) is 12.1 Å². The summed E-state index contributed by atoms with van der Waals surface area (Å²) in [5.74, 6) is -0.172. The van der Waals surface area contributed by atoms with Crippen molar-refractivity contribution in [3.05, 3.63) is 54.1 Å². The Morgan fingerprint density at radius 3 is 3.04 bits per heavy atom. The number of anilines is 1. The summed E-state index contributed by atoms with van der Waals surface area (Å²) < 4.78 is 13.2. The number of hydrogen-bond acceptors (Lipinski definition) is 3. The van der Waals surface area contributed by atoms with Crippen LogP contribution in [0.3, 0.4) is 0 Å². The normalized spacial score (nSPS) is 11.2. The number of aromatic nitrogens is 4. The molecule has 3 heterocycles. The molecule has 7 heteroatoms. The molecule has 0 bridgehead atoms. The van der Waals surface area contributed by atoms with E-state index in [2.05, 4.69) is 25.3 Å². The van der Waals surface area contributed by atoms with E-state index in [0.717, 1.165) is 16.5 Å². The molecule has 0 fully saturated rings. The number of nitrogens with zero attached hydrogens (tertiary/aromatic N) is 2. The summed E-state index contributed by atoms with van der Waals surface area (Å²) in [6.07, 6.45) is 3.51. The number of pyridine rings is 1. The van der Waals surface area contributed by atoms with Gasteiger partial charge < -0.3 is 9.97 Å². The van der Waals surface area contributed by atoms with E-state index in [1.54, 1.807) is 24.5 Å². The number of carbonyl (C=O) groups is 1. The van der Waals surface area contributed by atoms with Gasteiger partial charge in [-0.25, -0.2) is 9.37 Å². The van der Waals surface area contributed by atoms with Crippen LogP contribution in [-0.2, 0) is 11.2 Å². The Kier molecular flexibility index (Phi) is 3.04. The Hall–Kier alpha value is -3.22. The third-order valence-electron chi connectivity index (χ3n) is 3.60. The van der Waals surface area contributed by atoms with Crippen LogP contribution in [-0.4, -0.2) is 25.8 Å². The van der Waals surface area contributed by atoms with Crippen LogP contribution in [0.5, 0.6) is 0 Å². The summed E-state index contributed by atoms with van der Waals surface area (Å²) in [6.45, 7) is 0. The molecule has 0 saturated carbocycles. The number of H-pyrrole nitrogens is 2. The van der Waals surface area contributed by atoms with E-state index in [-0.39, 0.29) is 18.1 Å². The molecule has 3 aromatic heterocycles. The molecule has 3 N–H and O–H groups in total. The summed E-state index contributed by atoms with van der Waals surface area (Å²) >= 11 is 0. The Bertz CT molecular complexity index is 987. The summed E-state index contributed by atoms with van der Waals surface area (Å²) in [5.41, 5.74) is 2.77. The van der Waals surface area contributed by atoms with E-state index >= 15 is 0 Å². The molecule has 1 amide bonds. The third-order valence-corrected chi connectivity index (χ3v) is 3.60. The third kappa shape index (κ3) is 2.52. The van der Waals surface area contributed by atoms with Crippen LogP contribution >= 0.6 is 0 Å². The highest BCUT2D eigenvalue weighted by molar-refractivity contribution is 5.95. The highest BCUT2D eigenvalue weighted by atomic mass is 19.1. The molecule has 0 atom stereocenters. The Morgan fingerprint density at radius 2 is 2.17 bits per heavy atom. The summed E-state index contributed by atoms with van der Waals surface area (Å²) in [6, 6.07) is 8.06. The second-order valence-corrected chi connectivity index (χ2v) is 5.19. The fourth-order valence-corrected chi connectivity index (χ4v) is 2.56. The first kappa shape index (κ1) is 13.4. The molecule has 0 unspecified atom stereocenters. The van der Waals surface area contributed by atoms with Gasteiger partial charge in [0.2, 0.25) is 11.9 Å². The summed E-state index contributed by atoms with van der Waals surface area (Å²) in [5, 5.41) is 3.54. The summed E-state index contributed by atoms with van der Waals surface area (Å²) in [7, 11) is 0. The fraction of sp³-hybridized carbons (Fsp3) is 0.0625. The van der Waals surface area contributed by atoms with Crippen LogP contribution < -0.4 is 5.32 Å². The lowest BCUT2D eigenvalue weighted by Crippen LogP contribution is -2.15. The number of aromatic amines is 2. The first-order valence-electron chi connectivity index (χ1n) is 7.05. The lowest BCUT2D eigenvalue weighted by atomic mass is 10.1. The zero-order valence-electron chi connectivity index (χ0n) is 11.9. The minimum atomic E-state index is -0.315. The number of halogens is 1. The fourth-order valence-electron chi connectivity index (χ4n) is 2.56. The molecule has 114 valence electrons. The maximum atomic E-state index is 13.2. The van der Waals surface area contributed by atoms with Crippen molar-refractivity contribution in [2.45, 2.75) is 6.42 Å². The van der Waals surface area contributed by atoms with Gasteiger partial charge in [0, 0.05) is 23.3 Å². The number of benzene rings is 1. The lowest BCUT2D eigenvalue weighted by Gasteiger charge is -2.01. The van der Waals surface area contributed by atoms with Crippen LogP contribution in [0.1, 0.15) is 5.56 Å². The number of imidazole rings is 1. The quantitative estimate of drug-likeness (QED) is 0.544. The molecule has 1 aromatic carbocycles. The molecule has 0 aliphatic rings. The molecule has 0 radical (unpaired) electrons. The highest BCUT2D eigenvalue weighted by Crippen LogP contribution is 2.20. The van der Waals surface area contributed by atoms with Crippen molar-refractivity contribution >= 4 is 33.9 Å². The van der Waals surface area contributed by atoms with Crippen molar-refractivity contribution < 1.29 is 9.18 Å². The zero-order valence-corrected chi connectivity index (χ0v) is 11.9. The van der Waals surface area contributed by atoms with Crippen LogP contribution in [0, 0.1) is 5.82 Å². The van der Waals surface area contributed by atoms with Crippen molar-refractivity contribution in [3.8, 4) is 0 Å².